The molecule has 3 N–H and O–H groups in total. The van der Waals surface area contributed by atoms with E-state index in [9.17, 15) is 15.0 Å². The number of carbonyl (C=O) groups is 1. The lowest BCUT2D eigenvalue weighted by molar-refractivity contribution is 0.0954. The van der Waals surface area contributed by atoms with E-state index in [1.807, 2.05) is 0 Å². The Hall–Kier alpha value is -3.42. The Bertz CT molecular complexity index is 779. The summed E-state index contributed by atoms with van der Waals surface area (Å²) < 4.78 is 15.6. The van der Waals surface area contributed by atoms with Crippen molar-refractivity contribution < 1.29 is 29.2 Å². The number of rotatable bonds is 6. The van der Waals surface area contributed by atoms with Crippen molar-refractivity contribution in [1.29, 1.82) is 0 Å². The molecule has 0 saturated carbocycles. The molecule has 0 saturated heterocycles. The molecule has 0 aromatic heterocycles. The monoisotopic (exact) mass is 346 g/mol. The van der Waals surface area contributed by atoms with Gasteiger partial charge in [-0.3, -0.25) is 4.79 Å². The van der Waals surface area contributed by atoms with Crippen LogP contribution in [0.5, 0.6) is 28.7 Å². The van der Waals surface area contributed by atoms with E-state index in [1.165, 1.54) is 57.9 Å². The van der Waals surface area contributed by atoms with Gasteiger partial charge < -0.3 is 24.4 Å². The number of phenols is 2. The van der Waals surface area contributed by atoms with Crippen LogP contribution in [0.2, 0.25) is 0 Å². The SMILES string of the molecule is COc1cc(C(=O)NN=Cc2ccc(O)cc2O)cc(OC)c1OC. The standard InChI is InChI=1S/C17H18N2O6/c1-23-14-6-11(7-15(24-2)16(14)25-3)17(22)19-18-9-10-4-5-12(20)8-13(10)21/h4-9,20-21H,1-3H3,(H,19,22). The summed E-state index contributed by atoms with van der Waals surface area (Å²) >= 11 is 0. The van der Waals surface area contributed by atoms with E-state index in [0.717, 1.165) is 0 Å². The second kappa shape index (κ2) is 7.91. The highest BCUT2D eigenvalue weighted by Crippen LogP contribution is 2.38. The molecule has 0 aliphatic rings. The molecule has 8 heteroatoms. The number of amides is 1. The molecule has 0 unspecified atom stereocenters. The summed E-state index contributed by atoms with van der Waals surface area (Å²) in [6.45, 7) is 0. The average molecular weight is 346 g/mol. The Balaban J connectivity index is 2.19. The Morgan fingerprint density at radius 2 is 1.68 bits per heavy atom. The summed E-state index contributed by atoms with van der Waals surface area (Å²) in [5, 5.41) is 22.7. The van der Waals surface area contributed by atoms with Gasteiger partial charge in [0, 0.05) is 17.2 Å². The Kier molecular flexibility index (Phi) is 5.67. The Labute approximate surface area is 144 Å². The molecule has 0 aliphatic heterocycles. The second-order valence-electron chi connectivity index (χ2n) is 4.86. The predicted octanol–water partition coefficient (Wildman–Crippen LogP) is 1.89. The average Bonchev–Trinajstić information content (AvgIpc) is 2.61. The fraction of sp³-hybridized carbons (Fsp3) is 0.176. The molecule has 0 atom stereocenters. The van der Waals surface area contributed by atoms with Crippen LogP contribution < -0.4 is 19.6 Å². The van der Waals surface area contributed by atoms with Gasteiger partial charge in [0.1, 0.15) is 11.5 Å². The van der Waals surface area contributed by atoms with E-state index in [-0.39, 0.29) is 17.1 Å². The summed E-state index contributed by atoms with van der Waals surface area (Å²) in [7, 11) is 4.37. The third kappa shape index (κ3) is 4.11. The molecule has 0 fully saturated rings. The molecule has 0 spiro atoms. The Morgan fingerprint density at radius 3 is 2.20 bits per heavy atom. The summed E-state index contributed by atoms with van der Waals surface area (Å²) in [6, 6.07) is 7.00. The maximum atomic E-state index is 12.2. The maximum Gasteiger partial charge on any atom is 0.271 e. The van der Waals surface area contributed by atoms with Crippen LogP contribution in [0.1, 0.15) is 15.9 Å². The fourth-order valence-electron chi connectivity index (χ4n) is 2.08. The van der Waals surface area contributed by atoms with Gasteiger partial charge in [-0.05, 0) is 24.3 Å². The second-order valence-corrected chi connectivity index (χ2v) is 4.86. The quantitative estimate of drug-likeness (QED) is 0.544. The number of hydrazone groups is 1. The van der Waals surface area contributed by atoms with Gasteiger partial charge in [0.25, 0.3) is 5.91 Å². The lowest BCUT2D eigenvalue weighted by atomic mass is 10.1. The van der Waals surface area contributed by atoms with Crippen LogP contribution in [0.4, 0.5) is 0 Å². The lowest BCUT2D eigenvalue weighted by Crippen LogP contribution is -2.18. The van der Waals surface area contributed by atoms with Gasteiger partial charge in [-0.15, -0.1) is 0 Å². The van der Waals surface area contributed by atoms with E-state index in [0.29, 0.717) is 22.8 Å². The third-order valence-corrected chi connectivity index (χ3v) is 3.31. The number of ether oxygens (including phenoxy) is 3. The molecule has 8 nitrogen and oxygen atoms in total. The molecular formula is C17H18N2O6. The smallest absolute Gasteiger partial charge is 0.271 e. The zero-order chi connectivity index (χ0) is 18.4. The molecule has 0 heterocycles. The zero-order valence-electron chi connectivity index (χ0n) is 13.9. The molecule has 0 bridgehead atoms. The van der Waals surface area contributed by atoms with Crippen LogP contribution in [0.15, 0.2) is 35.4 Å². The Morgan fingerprint density at radius 1 is 1.04 bits per heavy atom. The molecule has 1 amide bonds. The summed E-state index contributed by atoms with van der Waals surface area (Å²) in [5.41, 5.74) is 2.92. The molecule has 2 rings (SSSR count). The van der Waals surface area contributed by atoms with Gasteiger partial charge in [0.05, 0.1) is 27.5 Å². The van der Waals surface area contributed by atoms with Crippen molar-refractivity contribution in [3.8, 4) is 28.7 Å². The van der Waals surface area contributed by atoms with Crippen molar-refractivity contribution in [2.75, 3.05) is 21.3 Å². The zero-order valence-corrected chi connectivity index (χ0v) is 13.9. The van der Waals surface area contributed by atoms with Crippen LogP contribution in [0.3, 0.4) is 0 Å². The minimum atomic E-state index is -0.506. The molecule has 132 valence electrons. The largest absolute Gasteiger partial charge is 0.508 e. The van der Waals surface area contributed by atoms with Crippen LogP contribution >= 0.6 is 0 Å². The van der Waals surface area contributed by atoms with Gasteiger partial charge >= 0.3 is 0 Å². The summed E-state index contributed by atoms with van der Waals surface area (Å²) in [5.74, 6) is 0.314. The summed E-state index contributed by atoms with van der Waals surface area (Å²) in [6.07, 6.45) is 1.25. The number of hydrogen-bond acceptors (Lipinski definition) is 7. The molecule has 0 radical (unpaired) electrons. The number of nitrogens with one attached hydrogen (secondary N) is 1. The third-order valence-electron chi connectivity index (χ3n) is 3.31. The number of nitrogens with zero attached hydrogens (tertiary/aromatic N) is 1. The van der Waals surface area contributed by atoms with Gasteiger partial charge in [-0.1, -0.05) is 0 Å². The van der Waals surface area contributed by atoms with Crippen molar-refractivity contribution in [3.05, 3.63) is 41.5 Å². The van der Waals surface area contributed by atoms with Crippen molar-refractivity contribution >= 4 is 12.1 Å². The highest BCUT2D eigenvalue weighted by atomic mass is 16.5. The molecule has 2 aromatic rings. The van der Waals surface area contributed by atoms with Crippen molar-refractivity contribution in [2.45, 2.75) is 0 Å². The number of phenolic OH excluding ortho intramolecular Hbond substituents is 2. The first-order chi connectivity index (χ1) is 12.0. The topological polar surface area (TPSA) is 110 Å². The van der Waals surface area contributed by atoms with E-state index in [4.69, 9.17) is 14.2 Å². The maximum absolute atomic E-state index is 12.2. The van der Waals surface area contributed by atoms with Crippen LogP contribution in [-0.4, -0.2) is 43.7 Å². The molecular weight excluding hydrogens is 328 g/mol. The first-order valence-electron chi connectivity index (χ1n) is 7.15. The van der Waals surface area contributed by atoms with Crippen LogP contribution in [-0.2, 0) is 0 Å². The van der Waals surface area contributed by atoms with Gasteiger partial charge in [-0.25, -0.2) is 5.43 Å². The number of hydrogen-bond donors (Lipinski definition) is 3. The number of aromatic hydroxyl groups is 2. The summed E-state index contributed by atoms with van der Waals surface area (Å²) in [4.78, 5) is 12.2. The molecule has 2 aromatic carbocycles. The van der Waals surface area contributed by atoms with Crippen molar-refractivity contribution in [2.24, 2.45) is 5.10 Å². The minimum absolute atomic E-state index is 0.0730. The number of carbonyl (C=O) groups excluding carboxylic acids is 1. The van der Waals surface area contributed by atoms with Crippen molar-refractivity contribution in [3.63, 3.8) is 0 Å². The highest BCUT2D eigenvalue weighted by molar-refractivity contribution is 5.96. The van der Waals surface area contributed by atoms with Gasteiger partial charge in [0.15, 0.2) is 11.5 Å². The van der Waals surface area contributed by atoms with E-state index in [2.05, 4.69) is 10.5 Å². The van der Waals surface area contributed by atoms with E-state index < -0.39 is 5.91 Å². The van der Waals surface area contributed by atoms with E-state index >= 15 is 0 Å². The number of benzene rings is 2. The minimum Gasteiger partial charge on any atom is -0.508 e. The van der Waals surface area contributed by atoms with Gasteiger partial charge in [0.2, 0.25) is 5.75 Å². The normalized spacial score (nSPS) is 10.5. The predicted molar refractivity (Wildman–Crippen MR) is 90.9 cm³/mol. The van der Waals surface area contributed by atoms with E-state index in [1.54, 1.807) is 0 Å². The highest BCUT2D eigenvalue weighted by Gasteiger charge is 2.16. The fourth-order valence-corrected chi connectivity index (χ4v) is 2.08. The van der Waals surface area contributed by atoms with Crippen LogP contribution in [0.25, 0.3) is 0 Å². The van der Waals surface area contributed by atoms with Crippen molar-refractivity contribution in [1.82, 2.24) is 5.43 Å². The van der Waals surface area contributed by atoms with Gasteiger partial charge in [-0.2, -0.15) is 5.10 Å². The number of methoxy groups -OCH3 is 3. The first kappa shape index (κ1) is 17.9. The first-order valence-corrected chi connectivity index (χ1v) is 7.15. The molecule has 0 aliphatic carbocycles. The lowest BCUT2D eigenvalue weighted by Gasteiger charge is -2.13. The van der Waals surface area contributed by atoms with Crippen LogP contribution in [0, 0.1) is 0 Å². The molecule has 25 heavy (non-hydrogen) atoms.